The van der Waals surface area contributed by atoms with E-state index in [1.165, 1.54) is 6.42 Å². The monoisotopic (exact) mass is 313 g/mol. The van der Waals surface area contributed by atoms with Crippen LogP contribution in [0.4, 0.5) is 0 Å². The average molecular weight is 313 g/mol. The van der Waals surface area contributed by atoms with Crippen molar-refractivity contribution in [2.75, 3.05) is 26.7 Å². The largest absolute Gasteiger partial charge is 0.391 e. The number of rotatable bonds is 5. The normalized spacial score (nSPS) is 26.2. The second-order valence-corrected chi connectivity index (χ2v) is 6.76. The highest BCUT2D eigenvalue weighted by atomic mass is 32.1. The van der Waals surface area contributed by atoms with Gasteiger partial charge in [0, 0.05) is 26.1 Å². The molecule has 0 aromatic heterocycles. The lowest BCUT2D eigenvalue weighted by atomic mass is 9.87. The van der Waals surface area contributed by atoms with E-state index in [0.29, 0.717) is 11.4 Å². The standard InChI is InChI=1S/C15H27N3O2S/c1-18-9-7-15(8-10-18,14(16)21)17-13(19)6-5-12-4-2-3-11-20-12/h12H,2-11H2,1H3,(H2,16,21)(H,17,19). The molecule has 2 fully saturated rings. The van der Waals surface area contributed by atoms with Crippen LogP contribution in [0.25, 0.3) is 0 Å². The van der Waals surface area contributed by atoms with Crippen LogP contribution in [-0.2, 0) is 9.53 Å². The minimum atomic E-state index is -0.494. The van der Waals surface area contributed by atoms with Gasteiger partial charge in [-0.05, 0) is 45.6 Å². The predicted octanol–water partition coefficient (Wildman–Crippen LogP) is 1.20. The molecule has 3 N–H and O–H groups in total. The number of nitrogens with one attached hydrogen (secondary N) is 1. The van der Waals surface area contributed by atoms with E-state index >= 15 is 0 Å². The number of carbonyl (C=O) groups is 1. The van der Waals surface area contributed by atoms with E-state index in [2.05, 4.69) is 17.3 Å². The zero-order chi connectivity index (χ0) is 15.3. The van der Waals surface area contributed by atoms with Crippen molar-refractivity contribution < 1.29 is 9.53 Å². The summed E-state index contributed by atoms with van der Waals surface area (Å²) in [5.41, 5.74) is 5.41. The summed E-state index contributed by atoms with van der Waals surface area (Å²) in [4.78, 5) is 14.9. The zero-order valence-corrected chi connectivity index (χ0v) is 13.7. The van der Waals surface area contributed by atoms with E-state index in [-0.39, 0.29) is 12.0 Å². The molecule has 0 aliphatic carbocycles. The van der Waals surface area contributed by atoms with Gasteiger partial charge in [0.2, 0.25) is 5.91 Å². The second kappa shape index (κ2) is 7.51. The van der Waals surface area contributed by atoms with Crippen molar-refractivity contribution >= 4 is 23.1 Å². The third kappa shape index (κ3) is 4.63. The molecule has 2 saturated heterocycles. The number of thiocarbonyl (C=S) groups is 1. The van der Waals surface area contributed by atoms with Crippen LogP contribution in [-0.4, -0.2) is 54.2 Å². The second-order valence-electron chi connectivity index (χ2n) is 6.33. The minimum Gasteiger partial charge on any atom is -0.391 e. The van der Waals surface area contributed by atoms with Crippen LogP contribution in [0.3, 0.4) is 0 Å². The maximum absolute atomic E-state index is 12.2. The minimum absolute atomic E-state index is 0.0431. The van der Waals surface area contributed by atoms with Gasteiger partial charge in [0.05, 0.1) is 16.6 Å². The number of likely N-dealkylation sites (tertiary alicyclic amines) is 1. The van der Waals surface area contributed by atoms with Gasteiger partial charge in [-0.15, -0.1) is 0 Å². The van der Waals surface area contributed by atoms with Crippen molar-refractivity contribution in [3.8, 4) is 0 Å². The molecule has 21 heavy (non-hydrogen) atoms. The molecular weight excluding hydrogens is 286 g/mol. The molecule has 0 radical (unpaired) electrons. The molecule has 1 unspecified atom stereocenters. The van der Waals surface area contributed by atoms with Crippen LogP contribution in [0.2, 0.25) is 0 Å². The van der Waals surface area contributed by atoms with Crippen LogP contribution in [0.15, 0.2) is 0 Å². The van der Waals surface area contributed by atoms with Crippen molar-refractivity contribution in [1.82, 2.24) is 10.2 Å². The van der Waals surface area contributed by atoms with Crippen molar-refractivity contribution in [2.45, 2.75) is 56.6 Å². The topological polar surface area (TPSA) is 67.6 Å². The zero-order valence-electron chi connectivity index (χ0n) is 12.9. The average Bonchev–Trinajstić information content (AvgIpc) is 2.48. The highest BCUT2D eigenvalue weighted by Gasteiger charge is 2.37. The first kappa shape index (κ1) is 16.6. The smallest absolute Gasteiger partial charge is 0.220 e. The van der Waals surface area contributed by atoms with Crippen LogP contribution in [0, 0.1) is 0 Å². The lowest BCUT2D eigenvalue weighted by Crippen LogP contribution is -2.61. The summed E-state index contributed by atoms with van der Waals surface area (Å²) in [6.45, 7) is 2.64. The molecule has 0 aromatic carbocycles. The first-order valence-electron chi connectivity index (χ1n) is 7.93. The summed E-state index contributed by atoms with van der Waals surface area (Å²) < 4.78 is 5.67. The van der Waals surface area contributed by atoms with Crippen LogP contribution in [0.5, 0.6) is 0 Å². The van der Waals surface area contributed by atoms with Gasteiger partial charge in [-0.3, -0.25) is 4.79 Å². The van der Waals surface area contributed by atoms with Crippen LogP contribution in [0.1, 0.15) is 44.9 Å². The van der Waals surface area contributed by atoms with Crippen molar-refractivity contribution in [2.24, 2.45) is 5.73 Å². The Bertz CT molecular complexity index is 375. The quantitative estimate of drug-likeness (QED) is 0.747. The molecule has 2 aliphatic heterocycles. The molecular formula is C15H27N3O2S. The van der Waals surface area contributed by atoms with Gasteiger partial charge < -0.3 is 20.7 Å². The van der Waals surface area contributed by atoms with Crippen molar-refractivity contribution in [1.29, 1.82) is 0 Å². The van der Waals surface area contributed by atoms with E-state index in [9.17, 15) is 4.79 Å². The number of carbonyl (C=O) groups excluding carboxylic acids is 1. The maximum atomic E-state index is 12.2. The maximum Gasteiger partial charge on any atom is 0.220 e. The lowest BCUT2D eigenvalue weighted by Gasteiger charge is -2.40. The van der Waals surface area contributed by atoms with Crippen molar-refractivity contribution in [3.05, 3.63) is 0 Å². The van der Waals surface area contributed by atoms with Gasteiger partial charge >= 0.3 is 0 Å². The van der Waals surface area contributed by atoms with Gasteiger partial charge in [-0.25, -0.2) is 0 Å². The molecule has 2 heterocycles. The van der Waals surface area contributed by atoms with E-state index in [1.54, 1.807) is 0 Å². The van der Waals surface area contributed by atoms with E-state index in [1.807, 2.05) is 0 Å². The van der Waals surface area contributed by atoms with Crippen molar-refractivity contribution in [3.63, 3.8) is 0 Å². The number of amides is 1. The fraction of sp³-hybridized carbons (Fsp3) is 0.867. The third-order valence-electron chi connectivity index (χ3n) is 4.66. The van der Waals surface area contributed by atoms with E-state index in [0.717, 1.165) is 51.8 Å². The fourth-order valence-corrected chi connectivity index (χ4v) is 3.34. The summed E-state index contributed by atoms with van der Waals surface area (Å²) in [6.07, 6.45) is 6.52. The summed E-state index contributed by atoms with van der Waals surface area (Å²) in [6, 6.07) is 0. The van der Waals surface area contributed by atoms with Crippen LogP contribution < -0.4 is 11.1 Å². The van der Waals surface area contributed by atoms with E-state index < -0.39 is 5.54 Å². The van der Waals surface area contributed by atoms with Crippen LogP contribution >= 0.6 is 12.2 Å². The van der Waals surface area contributed by atoms with E-state index in [4.69, 9.17) is 22.7 Å². The highest BCUT2D eigenvalue weighted by molar-refractivity contribution is 7.80. The first-order valence-corrected chi connectivity index (χ1v) is 8.34. The third-order valence-corrected chi connectivity index (χ3v) is 5.05. The van der Waals surface area contributed by atoms with Gasteiger partial charge in [0.1, 0.15) is 0 Å². The number of hydrogen-bond donors (Lipinski definition) is 2. The summed E-state index contributed by atoms with van der Waals surface area (Å²) >= 11 is 5.21. The number of nitrogens with two attached hydrogens (primary N) is 1. The molecule has 5 nitrogen and oxygen atoms in total. The molecule has 2 aliphatic rings. The molecule has 1 amide bonds. The number of ether oxygens (including phenoxy) is 1. The summed E-state index contributed by atoms with van der Waals surface area (Å²) in [5.74, 6) is 0.0431. The molecule has 0 bridgehead atoms. The Morgan fingerprint density at radius 1 is 1.43 bits per heavy atom. The van der Waals surface area contributed by atoms with Gasteiger partial charge in [-0.1, -0.05) is 12.2 Å². The summed E-state index contributed by atoms with van der Waals surface area (Å²) in [7, 11) is 2.08. The Labute approximate surface area is 132 Å². The lowest BCUT2D eigenvalue weighted by molar-refractivity contribution is -0.123. The Morgan fingerprint density at radius 2 is 2.14 bits per heavy atom. The number of hydrogen-bond acceptors (Lipinski definition) is 4. The first-order chi connectivity index (χ1) is 10.0. The Balaban J connectivity index is 1.82. The summed E-state index contributed by atoms with van der Waals surface area (Å²) in [5, 5.41) is 3.10. The SMILES string of the molecule is CN1CCC(NC(=O)CCC2CCCCO2)(C(N)=S)CC1. The molecule has 0 saturated carbocycles. The highest BCUT2D eigenvalue weighted by Crippen LogP contribution is 2.23. The molecule has 1 atom stereocenters. The predicted molar refractivity (Wildman–Crippen MR) is 87.2 cm³/mol. The molecule has 0 spiro atoms. The molecule has 6 heteroatoms. The number of piperidine rings is 1. The number of nitrogens with zero attached hydrogens (tertiary/aromatic N) is 1. The fourth-order valence-electron chi connectivity index (χ4n) is 3.09. The molecule has 120 valence electrons. The molecule has 2 rings (SSSR count). The Hall–Kier alpha value is -0.720. The Kier molecular flexibility index (Phi) is 5.96. The Morgan fingerprint density at radius 3 is 2.71 bits per heavy atom. The van der Waals surface area contributed by atoms with Gasteiger partial charge in [0.25, 0.3) is 0 Å². The molecule has 0 aromatic rings. The van der Waals surface area contributed by atoms with Gasteiger partial charge in [-0.2, -0.15) is 0 Å². The van der Waals surface area contributed by atoms with Gasteiger partial charge in [0.15, 0.2) is 0 Å².